The van der Waals surface area contributed by atoms with Crippen LogP contribution >= 0.6 is 11.6 Å². The van der Waals surface area contributed by atoms with Crippen molar-refractivity contribution in [3.8, 4) is 5.75 Å². The van der Waals surface area contributed by atoms with Gasteiger partial charge in [-0.05, 0) is 31.0 Å². The number of esters is 1. The number of methoxy groups -OCH3 is 2. The minimum Gasteiger partial charge on any atom is -0.496 e. The molecule has 5 nitrogen and oxygen atoms in total. The minimum absolute atomic E-state index is 0.105. The van der Waals surface area contributed by atoms with Crippen LogP contribution in [0.1, 0.15) is 23.2 Å². The molecule has 1 heterocycles. The van der Waals surface area contributed by atoms with E-state index >= 15 is 0 Å². The molecule has 114 valence electrons. The Balaban J connectivity index is 2.07. The van der Waals surface area contributed by atoms with Crippen LogP contribution in [0.15, 0.2) is 18.2 Å². The van der Waals surface area contributed by atoms with Crippen LogP contribution in [0.3, 0.4) is 0 Å². The van der Waals surface area contributed by atoms with Crippen LogP contribution in [0.2, 0.25) is 5.02 Å². The van der Waals surface area contributed by atoms with Gasteiger partial charge in [-0.1, -0.05) is 11.6 Å². The van der Waals surface area contributed by atoms with Gasteiger partial charge in [0.25, 0.3) is 5.91 Å². The van der Waals surface area contributed by atoms with E-state index in [2.05, 4.69) is 0 Å². The zero-order valence-electron chi connectivity index (χ0n) is 12.1. The number of piperidine rings is 1. The smallest absolute Gasteiger partial charge is 0.308 e. The number of benzene rings is 1. The van der Waals surface area contributed by atoms with Crippen molar-refractivity contribution >= 4 is 23.5 Å². The van der Waals surface area contributed by atoms with E-state index in [-0.39, 0.29) is 17.8 Å². The Kier molecular flexibility index (Phi) is 5.07. The number of rotatable bonds is 3. The molecular weight excluding hydrogens is 294 g/mol. The highest BCUT2D eigenvalue weighted by molar-refractivity contribution is 6.30. The first kappa shape index (κ1) is 15.6. The van der Waals surface area contributed by atoms with Gasteiger partial charge in [-0.15, -0.1) is 0 Å². The molecule has 0 saturated carbocycles. The van der Waals surface area contributed by atoms with E-state index in [9.17, 15) is 9.59 Å². The highest BCUT2D eigenvalue weighted by Crippen LogP contribution is 2.26. The number of carbonyl (C=O) groups is 2. The first-order chi connectivity index (χ1) is 10.1. The lowest BCUT2D eigenvalue weighted by Crippen LogP contribution is -2.40. The second-order valence-electron chi connectivity index (χ2n) is 4.93. The number of hydrogen-bond donors (Lipinski definition) is 0. The summed E-state index contributed by atoms with van der Waals surface area (Å²) in [5, 5.41) is 0.521. The van der Waals surface area contributed by atoms with Gasteiger partial charge >= 0.3 is 5.97 Å². The van der Waals surface area contributed by atoms with Gasteiger partial charge in [0.1, 0.15) is 5.75 Å². The van der Waals surface area contributed by atoms with E-state index in [4.69, 9.17) is 21.1 Å². The van der Waals surface area contributed by atoms with Crippen molar-refractivity contribution in [1.82, 2.24) is 4.90 Å². The molecule has 1 amide bonds. The summed E-state index contributed by atoms with van der Waals surface area (Å²) < 4.78 is 9.95. The van der Waals surface area contributed by atoms with Crippen molar-refractivity contribution in [1.29, 1.82) is 0 Å². The summed E-state index contributed by atoms with van der Waals surface area (Å²) in [7, 11) is 2.89. The molecule has 0 unspecified atom stereocenters. The molecule has 1 aromatic rings. The van der Waals surface area contributed by atoms with Gasteiger partial charge < -0.3 is 14.4 Å². The normalized spacial score (nSPS) is 15.7. The third-order valence-corrected chi connectivity index (χ3v) is 3.95. The van der Waals surface area contributed by atoms with Gasteiger partial charge in [-0.25, -0.2) is 0 Å². The number of ether oxygens (including phenoxy) is 2. The zero-order valence-corrected chi connectivity index (χ0v) is 12.9. The minimum atomic E-state index is -0.203. The summed E-state index contributed by atoms with van der Waals surface area (Å²) in [5.74, 6) is 0.0340. The van der Waals surface area contributed by atoms with Gasteiger partial charge in [-0.3, -0.25) is 9.59 Å². The van der Waals surface area contributed by atoms with Crippen LogP contribution in [-0.2, 0) is 9.53 Å². The Morgan fingerprint density at radius 3 is 2.48 bits per heavy atom. The van der Waals surface area contributed by atoms with Crippen molar-refractivity contribution < 1.29 is 19.1 Å². The molecule has 2 rings (SSSR count). The number of hydrogen-bond acceptors (Lipinski definition) is 4. The monoisotopic (exact) mass is 311 g/mol. The van der Waals surface area contributed by atoms with Gasteiger partial charge in [0.05, 0.1) is 25.7 Å². The number of halogens is 1. The van der Waals surface area contributed by atoms with Gasteiger partial charge in [0.2, 0.25) is 0 Å². The van der Waals surface area contributed by atoms with Crippen LogP contribution < -0.4 is 4.74 Å². The van der Waals surface area contributed by atoms with Crippen molar-refractivity contribution in [3.63, 3.8) is 0 Å². The topological polar surface area (TPSA) is 55.8 Å². The Morgan fingerprint density at radius 2 is 1.90 bits per heavy atom. The van der Waals surface area contributed by atoms with Gasteiger partial charge in [0.15, 0.2) is 0 Å². The van der Waals surface area contributed by atoms with Crippen LogP contribution in [0, 0.1) is 5.92 Å². The highest BCUT2D eigenvalue weighted by Gasteiger charge is 2.29. The predicted octanol–water partition coefficient (Wildman–Crippen LogP) is 2.37. The second kappa shape index (κ2) is 6.80. The average Bonchev–Trinajstić information content (AvgIpc) is 2.53. The quantitative estimate of drug-likeness (QED) is 0.804. The summed E-state index contributed by atoms with van der Waals surface area (Å²) in [6.45, 7) is 1.06. The summed E-state index contributed by atoms with van der Waals surface area (Å²) >= 11 is 5.90. The lowest BCUT2D eigenvalue weighted by atomic mass is 9.96. The molecule has 21 heavy (non-hydrogen) atoms. The van der Waals surface area contributed by atoms with Crippen LogP contribution in [0.25, 0.3) is 0 Å². The number of likely N-dealkylation sites (tertiary alicyclic amines) is 1. The molecule has 1 aliphatic heterocycles. The van der Waals surface area contributed by atoms with E-state index in [0.29, 0.717) is 42.3 Å². The molecular formula is C15H18ClNO4. The zero-order chi connectivity index (χ0) is 15.4. The van der Waals surface area contributed by atoms with E-state index in [0.717, 1.165) is 0 Å². The fraction of sp³-hybridized carbons (Fsp3) is 0.467. The van der Waals surface area contributed by atoms with Crippen LogP contribution in [0.5, 0.6) is 5.75 Å². The van der Waals surface area contributed by atoms with E-state index in [1.165, 1.54) is 14.2 Å². The summed E-state index contributed by atoms with van der Waals surface area (Å²) in [4.78, 5) is 25.7. The number of carbonyl (C=O) groups excluding carboxylic acids is 2. The van der Waals surface area contributed by atoms with Crippen molar-refractivity contribution in [3.05, 3.63) is 28.8 Å². The Bertz CT molecular complexity index is 538. The maximum absolute atomic E-state index is 12.5. The second-order valence-corrected chi connectivity index (χ2v) is 5.37. The fourth-order valence-corrected chi connectivity index (χ4v) is 2.66. The SMILES string of the molecule is COC(=O)C1CCN(C(=O)c2ccc(Cl)cc2OC)CC1. The highest BCUT2D eigenvalue weighted by atomic mass is 35.5. The maximum Gasteiger partial charge on any atom is 0.308 e. The molecule has 0 N–H and O–H groups in total. The van der Waals surface area contributed by atoms with Gasteiger partial charge in [-0.2, -0.15) is 0 Å². The third-order valence-electron chi connectivity index (χ3n) is 3.71. The molecule has 0 aromatic heterocycles. The standard InChI is InChI=1S/C15H18ClNO4/c1-20-13-9-11(16)3-4-12(13)14(18)17-7-5-10(6-8-17)15(19)21-2/h3-4,9-10H,5-8H2,1-2H3. The Labute approximate surface area is 128 Å². The predicted molar refractivity (Wildman–Crippen MR) is 78.6 cm³/mol. The molecule has 0 aliphatic carbocycles. The lowest BCUT2D eigenvalue weighted by Gasteiger charge is -2.31. The fourth-order valence-electron chi connectivity index (χ4n) is 2.50. The van der Waals surface area contributed by atoms with Crippen molar-refractivity contribution in [2.24, 2.45) is 5.92 Å². The largest absolute Gasteiger partial charge is 0.496 e. The first-order valence-corrected chi connectivity index (χ1v) is 7.15. The molecule has 1 aliphatic rings. The molecule has 0 bridgehead atoms. The first-order valence-electron chi connectivity index (χ1n) is 6.77. The van der Waals surface area contributed by atoms with E-state index in [1.54, 1.807) is 23.1 Å². The molecule has 6 heteroatoms. The number of amides is 1. The van der Waals surface area contributed by atoms with E-state index in [1.807, 2.05) is 0 Å². The summed E-state index contributed by atoms with van der Waals surface area (Å²) in [5.41, 5.74) is 0.485. The average molecular weight is 312 g/mol. The molecule has 1 fully saturated rings. The van der Waals surface area contributed by atoms with Crippen molar-refractivity contribution in [2.45, 2.75) is 12.8 Å². The molecule has 0 spiro atoms. The number of nitrogens with zero attached hydrogens (tertiary/aromatic N) is 1. The van der Waals surface area contributed by atoms with Crippen LogP contribution in [0.4, 0.5) is 0 Å². The van der Waals surface area contributed by atoms with Gasteiger partial charge in [0, 0.05) is 18.1 Å². The Hall–Kier alpha value is -1.75. The lowest BCUT2D eigenvalue weighted by molar-refractivity contribution is -0.146. The van der Waals surface area contributed by atoms with Crippen molar-refractivity contribution in [2.75, 3.05) is 27.3 Å². The Morgan fingerprint density at radius 1 is 1.24 bits per heavy atom. The molecule has 1 aromatic carbocycles. The van der Waals surface area contributed by atoms with Crippen LogP contribution in [-0.4, -0.2) is 44.1 Å². The summed E-state index contributed by atoms with van der Waals surface area (Å²) in [6, 6.07) is 4.95. The van der Waals surface area contributed by atoms with E-state index < -0.39 is 0 Å². The molecule has 0 radical (unpaired) electrons. The molecule has 1 saturated heterocycles. The molecule has 0 atom stereocenters. The maximum atomic E-state index is 12.5. The summed E-state index contributed by atoms with van der Waals surface area (Å²) in [6.07, 6.45) is 1.24. The third kappa shape index (κ3) is 3.47.